The lowest BCUT2D eigenvalue weighted by Crippen LogP contribution is -2.48. The highest BCUT2D eigenvalue weighted by atomic mass is 32.2. The van der Waals surface area contributed by atoms with Gasteiger partial charge in [0.2, 0.25) is 0 Å². The quantitative estimate of drug-likeness (QED) is 0.584. The summed E-state index contributed by atoms with van der Waals surface area (Å²) in [6.07, 6.45) is 1.05. The Morgan fingerprint density at radius 2 is 2.12 bits per heavy atom. The average Bonchev–Trinajstić information content (AvgIpc) is 2.41. The van der Waals surface area contributed by atoms with Gasteiger partial charge in [0.1, 0.15) is 0 Å². The molecule has 0 saturated carbocycles. The number of rotatable bonds is 5. The molecule has 3 N–H and O–H groups in total. The van der Waals surface area contributed by atoms with Gasteiger partial charge in [-0.15, -0.1) is 0 Å². The molecule has 0 bridgehead atoms. The van der Waals surface area contributed by atoms with E-state index in [2.05, 4.69) is 5.32 Å². The maximum Gasteiger partial charge on any atom is 0.154 e. The second-order valence-electron chi connectivity index (χ2n) is 4.16. The number of hydrogen-bond donors (Lipinski definition) is 3. The largest absolute Gasteiger partial charge is 0.395 e. The van der Waals surface area contributed by atoms with Crippen LogP contribution >= 0.6 is 11.8 Å². The van der Waals surface area contributed by atoms with Crippen LogP contribution < -0.4 is 5.32 Å². The summed E-state index contributed by atoms with van der Waals surface area (Å²) in [7, 11) is -3.11. The molecule has 1 fully saturated rings. The smallest absolute Gasteiger partial charge is 0.154 e. The Morgan fingerprint density at radius 1 is 1.50 bits per heavy atom. The van der Waals surface area contributed by atoms with Gasteiger partial charge in [-0.1, -0.05) is 0 Å². The first-order valence-corrected chi connectivity index (χ1v) is 8.28. The lowest BCUT2D eigenvalue weighted by molar-refractivity contribution is 0.156. The molecule has 96 valence electrons. The monoisotopic (exact) mass is 269 g/mol. The Kier molecular flexibility index (Phi) is 5.06. The van der Waals surface area contributed by atoms with Crippen LogP contribution in [0.25, 0.3) is 0 Å². The van der Waals surface area contributed by atoms with Crippen LogP contribution in [0, 0.1) is 0 Å². The van der Waals surface area contributed by atoms with E-state index in [1.54, 1.807) is 0 Å². The second kappa shape index (κ2) is 5.68. The minimum Gasteiger partial charge on any atom is -0.395 e. The fourth-order valence-electron chi connectivity index (χ4n) is 1.87. The van der Waals surface area contributed by atoms with E-state index < -0.39 is 22.0 Å². The molecule has 7 heteroatoms. The molecule has 4 unspecified atom stereocenters. The Balaban J connectivity index is 2.55. The molecule has 1 aliphatic rings. The van der Waals surface area contributed by atoms with Crippen LogP contribution in [-0.2, 0) is 9.84 Å². The van der Waals surface area contributed by atoms with Crippen molar-refractivity contribution in [3.8, 4) is 0 Å². The Hall–Kier alpha value is 0.180. The van der Waals surface area contributed by atoms with Crippen molar-refractivity contribution < 1.29 is 18.6 Å². The number of hydrogen-bond acceptors (Lipinski definition) is 6. The minimum absolute atomic E-state index is 0.00973. The molecule has 5 nitrogen and oxygen atoms in total. The highest BCUT2D eigenvalue weighted by molar-refractivity contribution is 7.99. The predicted molar refractivity (Wildman–Crippen MR) is 65.4 cm³/mol. The molecular formula is C9H19NO4S2. The molecule has 1 aliphatic heterocycles. The van der Waals surface area contributed by atoms with Crippen molar-refractivity contribution >= 4 is 21.6 Å². The van der Waals surface area contributed by atoms with Crippen molar-refractivity contribution in [1.29, 1.82) is 0 Å². The minimum atomic E-state index is -3.11. The van der Waals surface area contributed by atoms with Crippen LogP contribution in [0.2, 0.25) is 0 Å². The summed E-state index contributed by atoms with van der Waals surface area (Å²) in [4.78, 5) is 0. The van der Waals surface area contributed by atoms with Crippen molar-refractivity contribution in [2.45, 2.75) is 30.4 Å². The van der Waals surface area contributed by atoms with Gasteiger partial charge in [0.25, 0.3) is 0 Å². The maximum atomic E-state index is 11.3. The Morgan fingerprint density at radius 3 is 2.50 bits per heavy atom. The highest BCUT2D eigenvalue weighted by Gasteiger charge is 2.37. The van der Waals surface area contributed by atoms with Crippen molar-refractivity contribution in [2.75, 3.05) is 24.4 Å². The van der Waals surface area contributed by atoms with Gasteiger partial charge in [-0.2, -0.15) is 11.8 Å². The summed E-state index contributed by atoms with van der Waals surface area (Å²) in [5, 5.41) is 21.8. The van der Waals surface area contributed by atoms with Gasteiger partial charge in [-0.3, -0.25) is 0 Å². The third kappa shape index (κ3) is 3.59. The van der Waals surface area contributed by atoms with E-state index in [0.717, 1.165) is 0 Å². The molecule has 0 aromatic carbocycles. The number of nitrogens with one attached hydrogen (secondary N) is 1. The van der Waals surface area contributed by atoms with Crippen LogP contribution in [0.1, 0.15) is 6.92 Å². The van der Waals surface area contributed by atoms with E-state index in [0.29, 0.717) is 0 Å². The van der Waals surface area contributed by atoms with Gasteiger partial charge in [-0.05, 0) is 13.2 Å². The maximum absolute atomic E-state index is 11.3. The number of sulfone groups is 1. The van der Waals surface area contributed by atoms with Crippen molar-refractivity contribution in [3.63, 3.8) is 0 Å². The second-order valence-corrected chi connectivity index (χ2v) is 7.39. The van der Waals surface area contributed by atoms with E-state index in [9.17, 15) is 13.5 Å². The molecule has 0 aromatic rings. The van der Waals surface area contributed by atoms with E-state index in [4.69, 9.17) is 5.11 Å². The molecule has 0 radical (unpaired) electrons. The summed E-state index contributed by atoms with van der Waals surface area (Å²) in [5.74, 6) is -0.189. The van der Waals surface area contributed by atoms with Gasteiger partial charge >= 0.3 is 0 Å². The summed E-state index contributed by atoms with van der Waals surface area (Å²) in [6.45, 7) is 1.92. The van der Waals surface area contributed by atoms with Crippen LogP contribution in [0.4, 0.5) is 0 Å². The van der Waals surface area contributed by atoms with Gasteiger partial charge in [0.05, 0.1) is 24.2 Å². The van der Waals surface area contributed by atoms with Crippen LogP contribution in [0.5, 0.6) is 0 Å². The predicted octanol–water partition coefficient (Wildman–Crippen LogP) is -1.15. The van der Waals surface area contributed by atoms with Crippen LogP contribution in [0.3, 0.4) is 0 Å². The lowest BCUT2D eigenvalue weighted by atomic mass is 10.1. The van der Waals surface area contributed by atoms with Crippen LogP contribution in [0.15, 0.2) is 0 Å². The summed E-state index contributed by atoms with van der Waals surface area (Å²) in [5.41, 5.74) is 0. The molecule has 0 aromatic heterocycles. The molecule has 1 rings (SSSR count). The van der Waals surface area contributed by atoms with E-state index >= 15 is 0 Å². The average molecular weight is 269 g/mol. The van der Waals surface area contributed by atoms with E-state index in [-0.39, 0.29) is 29.4 Å². The van der Waals surface area contributed by atoms with Crippen molar-refractivity contribution in [1.82, 2.24) is 5.32 Å². The summed E-state index contributed by atoms with van der Waals surface area (Å²) >= 11 is 1.52. The van der Waals surface area contributed by atoms with Gasteiger partial charge in [-0.25, -0.2) is 8.42 Å². The van der Waals surface area contributed by atoms with Crippen molar-refractivity contribution in [3.05, 3.63) is 0 Å². The standard InChI is InChI=1S/C9H19NO4S2/c1-6(9(3-11)15-2)10-7-4-16(13,14)5-8(7)12/h6-12H,3-5H2,1-2H3. The summed E-state index contributed by atoms with van der Waals surface area (Å²) in [6, 6.07) is -0.450. The molecule has 16 heavy (non-hydrogen) atoms. The SMILES string of the molecule is CSC(CO)C(C)NC1CS(=O)(=O)CC1O. The molecule has 0 aliphatic carbocycles. The first-order valence-electron chi connectivity index (χ1n) is 5.18. The number of aliphatic hydroxyl groups is 2. The zero-order valence-corrected chi connectivity index (χ0v) is 11.1. The zero-order valence-electron chi connectivity index (χ0n) is 9.46. The third-order valence-electron chi connectivity index (χ3n) is 2.84. The molecule has 0 spiro atoms. The fourth-order valence-corrected chi connectivity index (χ4v) is 4.26. The highest BCUT2D eigenvalue weighted by Crippen LogP contribution is 2.16. The molecule has 0 amide bonds. The normalized spacial score (nSPS) is 32.5. The summed E-state index contributed by atoms with van der Waals surface area (Å²) < 4.78 is 22.6. The first-order chi connectivity index (χ1) is 7.39. The Labute approximate surface area is 101 Å². The first kappa shape index (κ1) is 14.2. The zero-order chi connectivity index (χ0) is 12.3. The molecule has 4 atom stereocenters. The number of thioether (sulfide) groups is 1. The lowest BCUT2D eigenvalue weighted by Gasteiger charge is -2.26. The van der Waals surface area contributed by atoms with Crippen LogP contribution in [-0.4, -0.2) is 66.4 Å². The molecule has 1 heterocycles. The topological polar surface area (TPSA) is 86.6 Å². The molecular weight excluding hydrogens is 250 g/mol. The van der Waals surface area contributed by atoms with Gasteiger partial charge < -0.3 is 15.5 Å². The number of aliphatic hydroxyl groups excluding tert-OH is 2. The fraction of sp³-hybridized carbons (Fsp3) is 1.00. The molecule has 1 saturated heterocycles. The van der Waals surface area contributed by atoms with Gasteiger partial charge in [0.15, 0.2) is 9.84 Å². The van der Waals surface area contributed by atoms with Crippen molar-refractivity contribution in [2.24, 2.45) is 0 Å². The van der Waals surface area contributed by atoms with E-state index in [1.165, 1.54) is 11.8 Å². The van der Waals surface area contributed by atoms with E-state index in [1.807, 2.05) is 13.2 Å². The Bertz CT molecular complexity index is 315. The van der Waals surface area contributed by atoms with Gasteiger partial charge in [0, 0.05) is 17.3 Å². The third-order valence-corrected chi connectivity index (χ3v) is 5.72.